The van der Waals surface area contributed by atoms with Crippen molar-refractivity contribution in [3.63, 3.8) is 0 Å². The van der Waals surface area contributed by atoms with Crippen molar-refractivity contribution in [3.8, 4) is 0 Å². The Bertz CT molecular complexity index is 6.00. The molecule has 0 aliphatic rings. The monoisotopic (exact) mass is 350 g/mol. The van der Waals surface area contributed by atoms with Crippen molar-refractivity contribution in [2.45, 2.75) is 0 Å². The van der Waals surface area contributed by atoms with Crippen LogP contribution in [0.25, 0.3) is 0 Å². The van der Waals surface area contributed by atoms with E-state index in [4.69, 9.17) is 0 Å². The zero-order valence-corrected chi connectivity index (χ0v) is 10.3. The molecule has 0 saturated heterocycles. The molecule has 0 fully saturated rings. The Labute approximate surface area is 63.4 Å². The van der Waals surface area contributed by atoms with E-state index in [-0.39, 0.29) is 37.2 Å². The van der Waals surface area contributed by atoms with Gasteiger partial charge in [-0.1, -0.05) is 0 Å². The van der Waals surface area contributed by atoms with Gasteiger partial charge in [-0.2, -0.15) is 0 Å². The number of rotatable bonds is 0. The molecule has 4 heavy (non-hydrogen) atoms. The Morgan fingerprint density at radius 1 is 1.25 bits per heavy atom. The minimum absolute atomic E-state index is 0. The van der Waals surface area contributed by atoms with Gasteiger partial charge in [-0.05, 0) is 0 Å². The summed E-state index contributed by atoms with van der Waals surface area (Å²) >= 11 is 6.25. The average Bonchev–Trinajstić information content (AvgIpc) is 0.918. The van der Waals surface area contributed by atoms with Crippen molar-refractivity contribution >= 4 is 51.2 Å². The third-order valence-corrected chi connectivity index (χ3v) is 0. The summed E-state index contributed by atoms with van der Waals surface area (Å²) in [5, 5.41) is 0. The summed E-state index contributed by atoms with van der Waals surface area (Å²) in [5.41, 5.74) is 0. The summed E-state index contributed by atoms with van der Waals surface area (Å²) < 4.78 is 0. The molecule has 0 unspecified atom stereocenters. The molecule has 0 aromatic carbocycles. The van der Waals surface area contributed by atoms with Gasteiger partial charge in [-0.15, -0.1) is 24.0 Å². The summed E-state index contributed by atoms with van der Waals surface area (Å²) in [4.78, 5) is 0. The van der Waals surface area contributed by atoms with E-state index in [0.717, 1.165) is 0 Å². The normalized spacial score (nSPS) is 2.50. The fraction of sp³-hybridized carbons (Fsp3) is 0. The van der Waals surface area contributed by atoms with Gasteiger partial charge in [0, 0.05) is 0 Å². The quantitative estimate of drug-likeness (QED) is 0.463. The van der Waals surface area contributed by atoms with E-state index >= 15 is 0 Å². The van der Waals surface area contributed by atoms with Gasteiger partial charge in [0.25, 0.3) is 0 Å². The summed E-state index contributed by atoms with van der Waals surface area (Å²) in [6, 6.07) is 0. The Balaban J connectivity index is 0. The number of hydrogen-bond donors (Lipinski definition) is 0. The second kappa shape index (κ2) is 9.00. The van der Waals surface area contributed by atoms with Gasteiger partial charge < -0.3 is 0 Å². The van der Waals surface area contributed by atoms with Crippen LogP contribution >= 0.6 is 51.2 Å². The van der Waals surface area contributed by atoms with E-state index in [1.165, 1.54) is 0 Å². The minimum atomic E-state index is -0.250. The molecule has 0 radical (unpaired) electrons. The van der Waals surface area contributed by atoms with Crippen LogP contribution < -0.4 is 0 Å². The van der Waals surface area contributed by atoms with Crippen LogP contribution in [0.5, 0.6) is 0 Å². The van der Waals surface area contributed by atoms with Crippen LogP contribution in [0.2, 0.25) is 0 Å². The molecule has 4 heteroatoms. The van der Waals surface area contributed by atoms with Crippen molar-refractivity contribution < 1.29 is 13.2 Å². The zero-order chi connectivity index (χ0) is 2.71. The van der Waals surface area contributed by atoms with Crippen molar-refractivity contribution in [1.82, 2.24) is 0 Å². The molecule has 0 saturated carbocycles. The standard InChI is InChI=1S/2BrH.HI.Zn/h3*1H;/q;;;+2/p-2. The van der Waals surface area contributed by atoms with Crippen LogP contribution in [-0.4, -0.2) is 0 Å². The van der Waals surface area contributed by atoms with Gasteiger partial charge in [-0.25, -0.2) is 0 Å². The molecule has 0 nitrogen and oxygen atoms in total. The number of hydrogen-bond acceptors (Lipinski definition) is 0. The third kappa shape index (κ3) is 8.85. The van der Waals surface area contributed by atoms with Gasteiger partial charge in [0.15, 0.2) is 0 Å². The predicted molar refractivity (Wildman–Crippen MR) is 33.3 cm³/mol. The van der Waals surface area contributed by atoms with Gasteiger partial charge in [0.2, 0.25) is 0 Å². The first-order valence-electron chi connectivity index (χ1n) is 0.535. The fourth-order valence-electron chi connectivity index (χ4n) is 0. The van der Waals surface area contributed by atoms with Gasteiger partial charge in [0.1, 0.15) is 0 Å². The van der Waals surface area contributed by atoms with Crippen LogP contribution in [0.15, 0.2) is 0 Å². The second-order valence-electron chi connectivity index (χ2n) is 0.101. The Morgan fingerprint density at radius 3 is 1.25 bits per heavy atom. The van der Waals surface area contributed by atoms with Crippen molar-refractivity contribution in [1.29, 1.82) is 0 Å². The second-order valence-corrected chi connectivity index (χ2v) is 14.2. The molecule has 24 valence electrons. The van der Waals surface area contributed by atoms with Crippen LogP contribution in [0.3, 0.4) is 0 Å². The summed E-state index contributed by atoms with van der Waals surface area (Å²) in [5.74, 6) is 0. The molecular formula is HBr2IZn. The zero-order valence-electron chi connectivity index (χ0n) is 1.87. The van der Waals surface area contributed by atoms with Gasteiger partial charge >= 0.3 is 40.5 Å². The maximum atomic E-state index is 3.25. The molecule has 0 rings (SSSR count). The third-order valence-electron chi connectivity index (χ3n) is 0. The topological polar surface area (TPSA) is 0 Å². The molecule has 0 atom stereocenters. The molecule has 0 heterocycles. The van der Waals surface area contributed by atoms with E-state index in [2.05, 4.69) is 27.2 Å². The van der Waals surface area contributed by atoms with Gasteiger partial charge in [0.05, 0.1) is 0 Å². The summed E-state index contributed by atoms with van der Waals surface area (Å²) in [6.07, 6.45) is 0. The van der Waals surface area contributed by atoms with Crippen LogP contribution in [-0.2, 0) is 13.2 Å². The molecule has 0 spiro atoms. The van der Waals surface area contributed by atoms with Gasteiger partial charge in [-0.3, -0.25) is 0 Å². The molecule has 0 N–H and O–H groups in total. The van der Waals surface area contributed by atoms with E-state index in [0.29, 0.717) is 0 Å². The SMILES string of the molecule is I.[Br][Zn][Br]. The van der Waals surface area contributed by atoms with Crippen LogP contribution in [0.4, 0.5) is 0 Å². The van der Waals surface area contributed by atoms with Crippen molar-refractivity contribution in [3.05, 3.63) is 0 Å². The molecule has 0 bridgehead atoms. The summed E-state index contributed by atoms with van der Waals surface area (Å²) in [7, 11) is 0. The maximum absolute atomic E-state index is 3.25. The first-order chi connectivity index (χ1) is 1.41. The predicted octanol–water partition coefficient (Wildman–Crippen LogP) is 2.31. The van der Waals surface area contributed by atoms with Crippen molar-refractivity contribution in [2.24, 2.45) is 0 Å². The van der Waals surface area contributed by atoms with E-state index in [1.807, 2.05) is 0 Å². The van der Waals surface area contributed by atoms with E-state index in [1.54, 1.807) is 0 Å². The summed E-state index contributed by atoms with van der Waals surface area (Å²) in [6.45, 7) is 0. The molecular weight excluding hydrogens is 352 g/mol. The van der Waals surface area contributed by atoms with Crippen LogP contribution in [0.1, 0.15) is 0 Å². The Kier molecular flexibility index (Phi) is 21.6. The van der Waals surface area contributed by atoms with E-state index in [9.17, 15) is 0 Å². The first kappa shape index (κ1) is 9.58. The number of halogens is 3. The average molecular weight is 353 g/mol. The Morgan fingerprint density at radius 2 is 1.25 bits per heavy atom. The van der Waals surface area contributed by atoms with E-state index < -0.39 is 0 Å². The first-order valence-corrected chi connectivity index (χ1v) is 14.4. The molecule has 0 amide bonds. The Hall–Kier alpha value is 2.31. The molecule has 0 aromatic rings. The molecule has 0 aromatic heterocycles. The van der Waals surface area contributed by atoms with Crippen LogP contribution in [0, 0.1) is 0 Å². The molecule has 0 aliphatic carbocycles. The van der Waals surface area contributed by atoms with Crippen molar-refractivity contribution in [2.75, 3.05) is 0 Å². The molecule has 0 aliphatic heterocycles. The fourth-order valence-corrected chi connectivity index (χ4v) is 0.